The fourth-order valence-corrected chi connectivity index (χ4v) is 1.39. The standard InChI is InChI=1S/C14H24N2O4/c1-3-11(17)9-15-13(19)7-5-6-8-14(20)16-10-12(18)4-2/h3-10H2,1-2H3,(H,15,19)(H,16,20). The Morgan fingerprint density at radius 3 is 1.35 bits per heavy atom. The van der Waals surface area contributed by atoms with E-state index in [0.29, 0.717) is 38.5 Å². The van der Waals surface area contributed by atoms with Gasteiger partial charge in [-0.3, -0.25) is 19.2 Å². The van der Waals surface area contributed by atoms with Crippen LogP contribution in [-0.4, -0.2) is 36.5 Å². The first-order valence-electron chi connectivity index (χ1n) is 7.06. The zero-order chi connectivity index (χ0) is 15.4. The van der Waals surface area contributed by atoms with Crippen LogP contribution in [0.25, 0.3) is 0 Å². The van der Waals surface area contributed by atoms with E-state index in [1.54, 1.807) is 13.8 Å². The second-order valence-electron chi connectivity index (χ2n) is 4.55. The van der Waals surface area contributed by atoms with Crippen LogP contribution in [0.4, 0.5) is 0 Å². The second kappa shape index (κ2) is 11.1. The minimum Gasteiger partial charge on any atom is -0.349 e. The van der Waals surface area contributed by atoms with Crippen molar-refractivity contribution < 1.29 is 19.2 Å². The molecule has 114 valence electrons. The van der Waals surface area contributed by atoms with Gasteiger partial charge in [-0.2, -0.15) is 0 Å². The molecule has 0 atom stereocenters. The largest absolute Gasteiger partial charge is 0.349 e. The van der Waals surface area contributed by atoms with E-state index in [1.807, 2.05) is 0 Å². The molecule has 0 saturated heterocycles. The topological polar surface area (TPSA) is 92.3 Å². The molecule has 0 fully saturated rings. The molecule has 0 saturated carbocycles. The summed E-state index contributed by atoms with van der Waals surface area (Å²) < 4.78 is 0. The molecular weight excluding hydrogens is 260 g/mol. The number of hydrogen-bond acceptors (Lipinski definition) is 4. The highest BCUT2D eigenvalue weighted by Gasteiger charge is 2.06. The fourth-order valence-electron chi connectivity index (χ4n) is 1.39. The highest BCUT2D eigenvalue weighted by atomic mass is 16.2. The summed E-state index contributed by atoms with van der Waals surface area (Å²) in [6.07, 6.45) is 2.60. The van der Waals surface area contributed by atoms with E-state index in [1.165, 1.54) is 0 Å². The molecule has 2 amide bonds. The SMILES string of the molecule is CCC(=O)CNC(=O)CCCCC(=O)NCC(=O)CC. The van der Waals surface area contributed by atoms with Crippen LogP contribution in [0.2, 0.25) is 0 Å². The van der Waals surface area contributed by atoms with Crippen molar-refractivity contribution in [2.45, 2.75) is 52.4 Å². The minimum absolute atomic E-state index is 0.00156. The number of ketones is 2. The lowest BCUT2D eigenvalue weighted by atomic mass is 10.1. The molecule has 0 spiro atoms. The zero-order valence-electron chi connectivity index (χ0n) is 12.3. The molecule has 0 unspecified atom stereocenters. The molecular formula is C14H24N2O4. The number of carbonyl (C=O) groups is 4. The average molecular weight is 284 g/mol. The summed E-state index contributed by atoms with van der Waals surface area (Å²) in [7, 11) is 0. The Hall–Kier alpha value is -1.72. The van der Waals surface area contributed by atoms with Crippen molar-refractivity contribution in [2.75, 3.05) is 13.1 Å². The van der Waals surface area contributed by atoms with E-state index >= 15 is 0 Å². The molecule has 0 aliphatic carbocycles. The summed E-state index contributed by atoms with van der Waals surface area (Å²) in [6, 6.07) is 0. The van der Waals surface area contributed by atoms with E-state index < -0.39 is 0 Å². The van der Waals surface area contributed by atoms with E-state index in [9.17, 15) is 19.2 Å². The van der Waals surface area contributed by atoms with Gasteiger partial charge in [-0.05, 0) is 12.8 Å². The van der Waals surface area contributed by atoms with Crippen LogP contribution >= 0.6 is 0 Å². The van der Waals surface area contributed by atoms with Crippen molar-refractivity contribution in [1.29, 1.82) is 0 Å². The first kappa shape index (κ1) is 18.3. The fraction of sp³-hybridized carbons (Fsp3) is 0.714. The van der Waals surface area contributed by atoms with Crippen LogP contribution < -0.4 is 10.6 Å². The van der Waals surface area contributed by atoms with Crippen molar-refractivity contribution in [3.63, 3.8) is 0 Å². The molecule has 2 N–H and O–H groups in total. The third-order valence-corrected chi connectivity index (χ3v) is 2.81. The van der Waals surface area contributed by atoms with Gasteiger partial charge in [0.1, 0.15) is 0 Å². The number of hydrogen-bond donors (Lipinski definition) is 2. The van der Waals surface area contributed by atoms with Gasteiger partial charge in [0.2, 0.25) is 11.8 Å². The van der Waals surface area contributed by atoms with Crippen molar-refractivity contribution in [3.8, 4) is 0 Å². The average Bonchev–Trinajstić information content (AvgIpc) is 2.46. The number of unbranched alkanes of at least 4 members (excludes halogenated alkanes) is 1. The van der Waals surface area contributed by atoms with Crippen LogP contribution in [0.5, 0.6) is 0 Å². The first-order chi connectivity index (χ1) is 9.49. The summed E-state index contributed by atoms with van der Waals surface area (Å²) in [4.78, 5) is 44.7. The smallest absolute Gasteiger partial charge is 0.220 e. The van der Waals surface area contributed by atoms with Gasteiger partial charge in [0.05, 0.1) is 13.1 Å². The molecule has 0 aromatic rings. The van der Waals surface area contributed by atoms with Gasteiger partial charge in [-0.1, -0.05) is 13.8 Å². The molecule has 0 aliphatic heterocycles. The Bertz CT molecular complexity index is 319. The molecule has 20 heavy (non-hydrogen) atoms. The Kier molecular flexibility index (Phi) is 10.2. The van der Waals surface area contributed by atoms with Crippen molar-refractivity contribution >= 4 is 23.4 Å². The number of Topliss-reactive ketones (excluding diaryl/α,β-unsaturated/α-hetero) is 2. The summed E-state index contributed by atoms with van der Waals surface area (Å²) in [6.45, 7) is 3.65. The summed E-state index contributed by atoms with van der Waals surface area (Å²) in [5, 5.41) is 5.07. The maximum absolute atomic E-state index is 11.4. The maximum atomic E-state index is 11.4. The lowest BCUT2D eigenvalue weighted by Crippen LogP contribution is -2.29. The molecule has 0 rings (SSSR count). The van der Waals surface area contributed by atoms with Gasteiger partial charge >= 0.3 is 0 Å². The van der Waals surface area contributed by atoms with Gasteiger partial charge in [0.25, 0.3) is 0 Å². The normalized spacial score (nSPS) is 9.90. The van der Waals surface area contributed by atoms with Crippen molar-refractivity contribution in [1.82, 2.24) is 10.6 Å². The minimum atomic E-state index is -0.173. The Balaban J connectivity index is 3.55. The first-order valence-corrected chi connectivity index (χ1v) is 7.06. The van der Waals surface area contributed by atoms with Crippen LogP contribution in [0, 0.1) is 0 Å². The third kappa shape index (κ3) is 10.2. The number of amides is 2. The number of nitrogens with one attached hydrogen (secondary N) is 2. The van der Waals surface area contributed by atoms with Crippen LogP contribution in [0.1, 0.15) is 52.4 Å². The van der Waals surface area contributed by atoms with Gasteiger partial charge in [-0.25, -0.2) is 0 Å². The van der Waals surface area contributed by atoms with Crippen LogP contribution in [-0.2, 0) is 19.2 Å². The highest BCUT2D eigenvalue weighted by Crippen LogP contribution is 1.99. The summed E-state index contributed by atoms with van der Waals surface area (Å²) in [5.41, 5.74) is 0. The highest BCUT2D eigenvalue weighted by molar-refractivity contribution is 5.86. The predicted octanol–water partition coefficient (Wildman–Crippen LogP) is 0.737. The third-order valence-electron chi connectivity index (χ3n) is 2.81. The van der Waals surface area contributed by atoms with E-state index in [2.05, 4.69) is 10.6 Å². The van der Waals surface area contributed by atoms with Crippen molar-refractivity contribution in [3.05, 3.63) is 0 Å². The molecule has 0 radical (unpaired) electrons. The molecule has 0 bridgehead atoms. The van der Waals surface area contributed by atoms with Crippen LogP contribution in [0.3, 0.4) is 0 Å². The van der Waals surface area contributed by atoms with Crippen LogP contribution in [0.15, 0.2) is 0 Å². The quantitative estimate of drug-likeness (QED) is 0.547. The number of rotatable bonds is 11. The lowest BCUT2D eigenvalue weighted by molar-refractivity contribution is -0.125. The van der Waals surface area contributed by atoms with Gasteiger partial charge in [0, 0.05) is 25.7 Å². The summed E-state index contributed by atoms with van der Waals surface area (Å²) in [5.74, 6) is -0.349. The van der Waals surface area contributed by atoms with Gasteiger partial charge in [-0.15, -0.1) is 0 Å². The maximum Gasteiger partial charge on any atom is 0.220 e. The van der Waals surface area contributed by atoms with E-state index in [4.69, 9.17) is 0 Å². The molecule has 6 heteroatoms. The molecule has 0 aromatic heterocycles. The predicted molar refractivity (Wildman–Crippen MR) is 75.1 cm³/mol. The van der Waals surface area contributed by atoms with Gasteiger partial charge < -0.3 is 10.6 Å². The van der Waals surface area contributed by atoms with E-state index in [0.717, 1.165) is 0 Å². The Morgan fingerprint density at radius 2 is 1.05 bits per heavy atom. The Labute approximate surface area is 119 Å². The van der Waals surface area contributed by atoms with Crippen molar-refractivity contribution in [2.24, 2.45) is 0 Å². The second-order valence-corrected chi connectivity index (χ2v) is 4.55. The number of carbonyl (C=O) groups excluding carboxylic acids is 4. The molecule has 0 heterocycles. The van der Waals surface area contributed by atoms with Gasteiger partial charge in [0.15, 0.2) is 11.6 Å². The monoisotopic (exact) mass is 284 g/mol. The zero-order valence-corrected chi connectivity index (χ0v) is 12.3. The van der Waals surface area contributed by atoms with E-state index in [-0.39, 0.29) is 36.5 Å². The molecule has 0 aromatic carbocycles. The lowest BCUT2D eigenvalue weighted by Gasteiger charge is -2.05. The Morgan fingerprint density at radius 1 is 0.700 bits per heavy atom. The molecule has 0 aliphatic rings. The molecule has 6 nitrogen and oxygen atoms in total. The summed E-state index contributed by atoms with van der Waals surface area (Å²) >= 11 is 0.